The van der Waals surface area contributed by atoms with Gasteiger partial charge in [0.25, 0.3) is 0 Å². The Labute approximate surface area is 120 Å². The fourth-order valence-corrected chi connectivity index (χ4v) is 2.04. The van der Waals surface area contributed by atoms with Gasteiger partial charge in [0.2, 0.25) is 5.95 Å². The van der Waals surface area contributed by atoms with Crippen LogP contribution in [0.1, 0.15) is 6.92 Å². The molecule has 5 heteroatoms. The molecule has 0 saturated carbocycles. The van der Waals surface area contributed by atoms with E-state index in [1.807, 2.05) is 25.1 Å². The Balaban J connectivity index is 2.38. The number of hydrogen-bond donors (Lipinski definition) is 1. The highest BCUT2D eigenvalue weighted by molar-refractivity contribution is 5.90. The molecule has 0 aliphatic rings. The predicted molar refractivity (Wildman–Crippen MR) is 85.5 cm³/mol. The van der Waals surface area contributed by atoms with Crippen molar-refractivity contribution < 1.29 is 0 Å². The summed E-state index contributed by atoms with van der Waals surface area (Å²) in [5, 5.41) is 4.29. The topological polar surface area (TPSA) is 44.3 Å². The molecule has 0 unspecified atom stereocenters. The lowest BCUT2D eigenvalue weighted by atomic mass is 10.2. The molecule has 0 aliphatic carbocycles. The van der Waals surface area contributed by atoms with Crippen molar-refractivity contribution in [3.63, 3.8) is 0 Å². The van der Waals surface area contributed by atoms with Gasteiger partial charge >= 0.3 is 0 Å². The summed E-state index contributed by atoms with van der Waals surface area (Å²) in [7, 11) is 6.24. The fourth-order valence-electron chi connectivity index (χ4n) is 2.04. The zero-order valence-electron chi connectivity index (χ0n) is 12.7. The van der Waals surface area contributed by atoms with Gasteiger partial charge < -0.3 is 15.1 Å². The smallest absolute Gasteiger partial charge is 0.225 e. The molecule has 2 aromatic rings. The van der Waals surface area contributed by atoms with Gasteiger partial charge in [-0.1, -0.05) is 12.1 Å². The molecular formula is C15H23N5. The van der Waals surface area contributed by atoms with E-state index in [0.717, 1.165) is 36.4 Å². The van der Waals surface area contributed by atoms with E-state index in [1.165, 1.54) is 0 Å². The molecule has 0 bridgehead atoms. The number of fused-ring (bicyclic) bond motifs is 1. The van der Waals surface area contributed by atoms with Gasteiger partial charge in [-0.15, -0.1) is 0 Å². The van der Waals surface area contributed by atoms with Crippen LogP contribution in [0.4, 0.5) is 11.8 Å². The summed E-state index contributed by atoms with van der Waals surface area (Å²) in [5.41, 5.74) is 0.977. The predicted octanol–water partition coefficient (Wildman–Crippen LogP) is 2.06. The molecular weight excluding hydrogens is 250 g/mol. The molecule has 1 N–H and O–H groups in total. The molecule has 0 radical (unpaired) electrons. The third-order valence-corrected chi connectivity index (χ3v) is 3.16. The van der Waals surface area contributed by atoms with E-state index >= 15 is 0 Å². The monoisotopic (exact) mass is 273 g/mol. The third kappa shape index (κ3) is 3.36. The highest BCUT2D eigenvalue weighted by atomic mass is 15.2. The Bertz CT molecular complexity index is 567. The molecule has 1 aromatic heterocycles. The first-order valence-corrected chi connectivity index (χ1v) is 6.98. The molecule has 20 heavy (non-hydrogen) atoms. The lowest BCUT2D eigenvalue weighted by Crippen LogP contribution is -2.29. The van der Waals surface area contributed by atoms with Gasteiger partial charge in [0.15, 0.2) is 0 Å². The molecule has 1 heterocycles. The Morgan fingerprint density at radius 3 is 2.50 bits per heavy atom. The van der Waals surface area contributed by atoms with Crippen molar-refractivity contribution >= 4 is 22.7 Å². The Kier molecular flexibility index (Phi) is 4.74. The lowest BCUT2D eigenvalue weighted by Gasteiger charge is -2.22. The summed E-state index contributed by atoms with van der Waals surface area (Å²) in [5.74, 6) is 1.67. The lowest BCUT2D eigenvalue weighted by molar-refractivity contribution is 0.416. The van der Waals surface area contributed by atoms with Gasteiger partial charge in [0, 0.05) is 32.1 Å². The van der Waals surface area contributed by atoms with E-state index in [2.05, 4.69) is 52.3 Å². The van der Waals surface area contributed by atoms with E-state index in [1.54, 1.807) is 0 Å². The van der Waals surface area contributed by atoms with E-state index in [9.17, 15) is 0 Å². The first-order chi connectivity index (χ1) is 9.61. The largest absolute Gasteiger partial charge is 0.358 e. The van der Waals surface area contributed by atoms with Gasteiger partial charge in [-0.2, -0.15) is 4.98 Å². The van der Waals surface area contributed by atoms with Crippen molar-refractivity contribution in [3.8, 4) is 0 Å². The van der Waals surface area contributed by atoms with Crippen molar-refractivity contribution in [2.75, 3.05) is 51.0 Å². The van der Waals surface area contributed by atoms with E-state index in [0.29, 0.717) is 5.95 Å². The Morgan fingerprint density at radius 1 is 1.05 bits per heavy atom. The molecule has 5 nitrogen and oxygen atoms in total. The van der Waals surface area contributed by atoms with Crippen LogP contribution in [0, 0.1) is 0 Å². The minimum absolute atomic E-state index is 0.693. The summed E-state index contributed by atoms with van der Waals surface area (Å²) in [4.78, 5) is 13.6. The number of aromatic nitrogens is 2. The molecule has 0 fully saturated rings. The van der Waals surface area contributed by atoms with Gasteiger partial charge in [0.05, 0.1) is 5.52 Å². The first kappa shape index (κ1) is 14.5. The molecule has 108 valence electrons. The van der Waals surface area contributed by atoms with Crippen LogP contribution < -0.4 is 10.2 Å². The second kappa shape index (κ2) is 6.52. The molecule has 2 rings (SSSR count). The molecule has 0 saturated heterocycles. The normalized spacial score (nSPS) is 11.1. The zero-order chi connectivity index (χ0) is 14.5. The highest BCUT2D eigenvalue weighted by Gasteiger charge is 2.11. The average molecular weight is 273 g/mol. The summed E-state index contributed by atoms with van der Waals surface area (Å²) >= 11 is 0. The van der Waals surface area contributed by atoms with Gasteiger partial charge in [-0.3, -0.25) is 0 Å². The molecule has 1 aromatic carbocycles. The standard InChI is InChI=1S/C15H23N5/c1-5-16-15-17-13-9-7-6-8-12(13)14(18-15)20(4)11-10-19(2)3/h6-9H,5,10-11H2,1-4H3,(H,16,17,18). The number of nitrogens with zero attached hydrogens (tertiary/aromatic N) is 4. The van der Waals surface area contributed by atoms with E-state index in [4.69, 9.17) is 0 Å². The van der Waals surface area contributed by atoms with Crippen LogP contribution in [-0.4, -0.2) is 55.6 Å². The van der Waals surface area contributed by atoms with Crippen molar-refractivity contribution in [2.45, 2.75) is 6.92 Å². The van der Waals surface area contributed by atoms with Crippen LogP contribution in [0.5, 0.6) is 0 Å². The van der Waals surface area contributed by atoms with Crippen molar-refractivity contribution in [2.24, 2.45) is 0 Å². The van der Waals surface area contributed by atoms with Crippen molar-refractivity contribution in [3.05, 3.63) is 24.3 Å². The zero-order valence-corrected chi connectivity index (χ0v) is 12.7. The Hall–Kier alpha value is -1.88. The maximum Gasteiger partial charge on any atom is 0.225 e. The number of nitrogens with one attached hydrogen (secondary N) is 1. The van der Waals surface area contributed by atoms with Crippen molar-refractivity contribution in [1.82, 2.24) is 14.9 Å². The van der Waals surface area contributed by atoms with Crippen LogP contribution in [0.2, 0.25) is 0 Å². The molecule has 0 amide bonds. The van der Waals surface area contributed by atoms with E-state index < -0.39 is 0 Å². The molecule has 0 atom stereocenters. The third-order valence-electron chi connectivity index (χ3n) is 3.16. The number of rotatable bonds is 6. The SMILES string of the molecule is CCNc1nc(N(C)CCN(C)C)c2ccccc2n1. The van der Waals surface area contributed by atoms with Gasteiger partial charge in [-0.25, -0.2) is 4.98 Å². The van der Waals surface area contributed by atoms with Gasteiger partial charge in [-0.05, 0) is 33.2 Å². The van der Waals surface area contributed by atoms with E-state index in [-0.39, 0.29) is 0 Å². The summed E-state index contributed by atoms with van der Waals surface area (Å²) in [6.07, 6.45) is 0. The summed E-state index contributed by atoms with van der Waals surface area (Å²) in [6, 6.07) is 8.14. The minimum atomic E-state index is 0.693. The van der Waals surface area contributed by atoms with Crippen LogP contribution >= 0.6 is 0 Å². The quantitative estimate of drug-likeness (QED) is 0.873. The number of para-hydroxylation sites is 1. The van der Waals surface area contributed by atoms with Crippen LogP contribution in [0.3, 0.4) is 0 Å². The van der Waals surface area contributed by atoms with Crippen LogP contribution in [-0.2, 0) is 0 Å². The second-order valence-corrected chi connectivity index (χ2v) is 5.14. The maximum absolute atomic E-state index is 4.65. The van der Waals surface area contributed by atoms with Crippen LogP contribution in [0.25, 0.3) is 10.9 Å². The number of hydrogen-bond acceptors (Lipinski definition) is 5. The Morgan fingerprint density at radius 2 is 1.80 bits per heavy atom. The van der Waals surface area contributed by atoms with Crippen LogP contribution in [0.15, 0.2) is 24.3 Å². The average Bonchev–Trinajstić information content (AvgIpc) is 2.44. The number of anilines is 2. The first-order valence-electron chi connectivity index (χ1n) is 6.98. The summed E-state index contributed by atoms with van der Waals surface area (Å²) in [6.45, 7) is 4.79. The van der Waals surface area contributed by atoms with Crippen molar-refractivity contribution in [1.29, 1.82) is 0 Å². The molecule has 0 aliphatic heterocycles. The second-order valence-electron chi connectivity index (χ2n) is 5.14. The summed E-state index contributed by atoms with van der Waals surface area (Å²) < 4.78 is 0. The number of likely N-dealkylation sites (N-methyl/N-ethyl adjacent to an activating group) is 2. The number of benzene rings is 1. The maximum atomic E-state index is 4.65. The fraction of sp³-hybridized carbons (Fsp3) is 0.467. The van der Waals surface area contributed by atoms with Gasteiger partial charge in [0.1, 0.15) is 5.82 Å². The molecule has 0 spiro atoms. The highest BCUT2D eigenvalue weighted by Crippen LogP contribution is 2.24. The minimum Gasteiger partial charge on any atom is -0.358 e.